The standard InChI is InChI=1S/C14H21N3O/c15-13(12-5-2-1-3-6-12)11-14(18)17-9-4-7-16-8-10-17/h1-3,5-6,13,16H,4,7-11,15H2. The zero-order valence-electron chi connectivity index (χ0n) is 10.6. The van der Waals surface area contributed by atoms with Crippen molar-refractivity contribution >= 4 is 5.91 Å². The number of rotatable bonds is 3. The highest BCUT2D eigenvalue weighted by Gasteiger charge is 2.18. The number of benzene rings is 1. The molecule has 1 aliphatic rings. The summed E-state index contributed by atoms with van der Waals surface area (Å²) in [6, 6.07) is 9.61. The van der Waals surface area contributed by atoms with E-state index < -0.39 is 0 Å². The average molecular weight is 247 g/mol. The van der Waals surface area contributed by atoms with Crippen LogP contribution in [-0.4, -0.2) is 37.0 Å². The zero-order valence-corrected chi connectivity index (χ0v) is 10.6. The van der Waals surface area contributed by atoms with E-state index in [-0.39, 0.29) is 11.9 Å². The van der Waals surface area contributed by atoms with Gasteiger partial charge in [-0.15, -0.1) is 0 Å². The highest BCUT2D eigenvalue weighted by molar-refractivity contribution is 5.77. The number of nitrogens with zero attached hydrogens (tertiary/aromatic N) is 1. The van der Waals surface area contributed by atoms with Crippen LogP contribution in [0, 0.1) is 0 Å². The van der Waals surface area contributed by atoms with Crippen molar-refractivity contribution in [3.8, 4) is 0 Å². The quantitative estimate of drug-likeness (QED) is 0.834. The van der Waals surface area contributed by atoms with Crippen LogP contribution in [0.2, 0.25) is 0 Å². The fourth-order valence-corrected chi connectivity index (χ4v) is 2.23. The predicted octanol–water partition coefficient (Wildman–Crippen LogP) is 0.898. The molecule has 2 rings (SSSR count). The van der Waals surface area contributed by atoms with Gasteiger partial charge in [-0.25, -0.2) is 0 Å². The Hall–Kier alpha value is -1.39. The second-order valence-electron chi connectivity index (χ2n) is 4.71. The van der Waals surface area contributed by atoms with Crippen molar-refractivity contribution in [1.29, 1.82) is 0 Å². The molecule has 1 aliphatic heterocycles. The van der Waals surface area contributed by atoms with Crippen LogP contribution >= 0.6 is 0 Å². The smallest absolute Gasteiger partial charge is 0.224 e. The molecule has 18 heavy (non-hydrogen) atoms. The molecule has 0 bridgehead atoms. The Bertz CT molecular complexity index is 372. The molecule has 0 saturated carbocycles. The monoisotopic (exact) mass is 247 g/mol. The lowest BCUT2D eigenvalue weighted by molar-refractivity contribution is -0.131. The van der Waals surface area contributed by atoms with Crippen molar-refractivity contribution in [3.63, 3.8) is 0 Å². The summed E-state index contributed by atoms with van der Waals surface area (Å²) in [6.45, 7) is 3.51. The van der Waals surface area contributed by atoms with Crippen molar-refractivity contribution in [2.45, 2.75) is 18.9 Å². The van der Waals surface area contributed by atoms with Gasteiger partial charge in [0.2, 0.25) is 5.91 Å². The highest BCUT2D eigenvalue weighted by atomic mass is 16.2. The van der Waals surface area contributed by atoms with Gasteiger partial charge in [0.05, 0.1) is 0 Å². The van der Waals surface area contributed by atoms with Crippen molar-refractivity contribution in [2.24, 2.45) is 5.73 Å². The molecule has 1 unspecified atom stereocenters. The summed E-state index contributed by atoms with van der Waals surface area (Å²) in [5, 5.41) is 3.29. The molecular formula is C14H21N3O. The SMILES string of the molecule is NC(CC(=O)N1CCCNCC1)c1ccccc1. The summed E-state index contributed by atoms with van der Waals surface area (Å²) in [4.78, 5) is 14.1. The number of amides is 1. The Labute approximate surface area is 108 Å². The first-order valence-electron chi connectivity index (χ1n) is 6.56. The number of carbonyl (C=O) groups excluding carboxylic acids is 1. The van der Waals surface area contributed by atoms with E-state index in [1.807, 2.05) is 35.2 Å². The number of nitrogens with two attached hydrogens (primary N) is 1. The maximum atomic E-state index is 12.2. The van der Waals surface area contributed by atoms with Gasteiger partial charge in [0.15, 0.2) is 0 Å². The van der Waals surface area contributed by atoms with E-state index in [1.54, 1.807) is 0 Å². The van der Waals surface area contributed by atoms with E-state index in [9.17, 15) is 4.79 Å². The summed E-state index contributed by atoms with van der Waals surface area (Å²) >= 11 is 0. The first kappa shape index (κ1) is 13.1. The molecule has 0 aromatic heterocycles. The van der Waals surface area contributed by atoms with E-state index in [4.69, 9.17) is 5.73 Å². The van der Waals surface area contributed by atoms with E-state index in [2.05, 4.69) is 5.32 Å². The van der Waals surface area contributed by atoms with Crippen LogP contribution in [-0.2, 0) is 4.79 Å². The van der Waals surface area contributed by atoms with Crippen LogP contribution in [0.5, 0.6) is 0 Å². The summed E-state index contributed by atoms with van der Waals surface area (Å²) in [7, 11) is 0. The third kappa shape index (κ3) is 3.55. The zero-order chi connectivity index (χ0) is 12.8. The van der Waals surface area contributed by atoms with E-state index in [0.29, 0.717) is 6.42 Å². The Morgan fingerprint density at radius 1 is 1.28 bits per heavy atom. The Morgan fingerprint density at radius 3 is 2.83 bits per heavy atom. The molecular weight excluding hydrogens is 226 g/mol. The van der Waals surface area contributed by atoms with Crippen LogP contribution in [0.3, 0.4) is 0 Å². The topological polar surface area (TPSA) is 58.4 Å². The number of hydrogen-bond acceptors (Lipinski definition) is 3. The summed E-state index contributed by atoms with van der Waals surface area (Å²) in [5.41, 5.74) is 7.11. The van der Waals surface area contributed by atoms with E-state index >= 15 is 0 Å². The molecule has 4 heteroatoms. The predicted molar refractivity (Wildman–Crippen MR) is 72.1 cm³/mol. The molecule has 4 nitrogen and oxygen atoms in total. The maximum absolute atomic E-state index is 12.2. The molecule has 1 amide bonds. The number of nitrogens with one attached hydrogen (secondary N) is 1. The summed E-state index contributed by atoms with van der Waals surface area (Å²) in [6.07, 6.45) is 1.41. The Balaban J connectivity index is 1.90. The van der Waals surface area contributed by atoms with E-state index in [0.717, 1.165) is 38.2 Å². The lowest BCUT2D eigenvalue weighted by Gasteiger charge is -2.22. The summed E-state index contributed by atoms with van der Waals surface area (Å²) in [5.74, 6) is 0.162. The molecule has 0 radical (unpaired) electrons. The normalized spacial score (nSPS) is 18.2. The lowest BCUT2D eigenvalue weighted by atomic mass is 10.0. The van der Waals surface area contributed by atoms with Crippen LogP contribution < -0.4 is 11.1 Å². The molecule has 1 aromatic rings. The highest BCUT2D eigenvalue weighted by Crippen LogP contribution is 2.15. The third-order valence-corrected chi connectivity index (χ3v) is 3.32. The van der Waals surface area contributed by atoms with Crippen LogP contribution in [0.4, 0.5) is 0 Å². The minimum absolute atomic E-state index is 0.162. The Morgan fingerprint density at radius 2 is 2.06 bits per heavy atom. The molecule has 0 aliphatic carbocycles. The molecule has 1 fully saturated rings. The second kappa shape index (κ2) is 6.52. The molecule has 1 atom stereocenters. The van der Waals surface area contributed by atoms with E-state index in [1.165, 1.54) is 0 Å². The van der Waals surface area contributed by atoms with Crippen molar-refractivity contribution < 1.29 is 4.79 Å². The molecule has 1 saturated heterocycles. The first-order valence-corrected chi connectivity index (χ1v) is 6.56. The van der Waals surface area contributed by atoms with Gasteiger partial charge in [-0.3, -0.25) is 4.79 Å². The minimum Gasteiger partial charge on any atom is -0.341 e. The number of carbonyl (C=O) groups is 1. The molecule has 1 aromatic carbocycles. The van der Waals surface area contributed by atoms with Crippen molar-refractivity contribution in [3.05, 3.63) is 35.9 Å². The van der Waals surface area contributed by atoms with Gasteiger partial charge in [0, 0.05) is 32.1 Å². The van der Waals surface area contributed by atoms with Gasteiger partial charge in [0.25, 0.3) is 0 Å². The fourth-order valence-electron chi connectivity index (χ4n) is 2.23. The second-order valence-corrected chi connectivity index (χ2v) is 4.71. The van der Waals surface area contributed by atoms with Gasteiger partial charge in [-0.2, -0.15) is 0 Å². The minimum atomic E-state index is -0.199. The van der Waals surface area contributed by atoms with Gasteiger partial charge in [-0.05, 0) is 18.5 Å². The third-order valence-electron chi connectivity index (χ3n) is 3.32. The molecule has 0 spiro atoms. The van der Waals surface area contributed by atoms with Gasteiger partial charge in [0.1, 0.15) is 0 Å². The largest absolute Gasteiger partial charge is 0.341 e. The summed E-state index contributed by atoms with van der Waals surface area (Å²) < 4.78 is 0. The molecule has 3 N–H and O–H groups in total. The van der Waals surface area contributed by atoms with Crippen molar-refractivity contribution in [1.82, 2.24) is 10.2 Å². The Kier molecular flexibility index (Phi) is 4.73. The molecule has 1 heterocycles. The molecule has 98 valence electrons. The lowest BCUT2D eigenvalue weighted by Crippen LogP contribution is -2.35. The first-order chi connectivity index (χ1) is 8.77. The van der Waals surface area contributed by atoms with Gasteiger partial charge < -0.3 is 16.0 Å². The number of hydrogen-bond donors (Lipinski definition) is 2. The van der Waals surface area contributed by atoms with Crippen LogP contribution in [0.15, 0.2) is 30.3 Å². The van der Waals surface area contributed by atoms with Crippen LogP contribution in [0.25, 0.3) is 0 Å². The fraction of sp³-hybridized carbons (Fsp3) is 0.500. The maximum Gasteiger partial charge on any atom is 0.224 e. The van der Waals surface area contributed by atoms with Crippen LogP contribution in [0.1, 0.15) is 24.4 Å². The average Bonchev–Trinajstić information content (AvgIpc) is 2.68. The van der Waals surface area contributed by atoms with Crippen molar-refractivity contribution in [2.75, 3.05) is 26.2 Å². The van der Waals surface area contributed by atoms with Gasteiger partial charge in [-0.1, -0.05) is 30.3 Å². The van der Waals surface area contributed by atoms with Gasteiger partial charge >= 0.3 is 0 Å².